The lowest BCUT2D eigenvalue weighted by Gasteiger charge is -2.21. The van der Waals surface area contributed by atoms with Crippen LogP contribution < -0.4 is 9.61 Å². The van der Waals surface area contributed by atoms with Crippen molar-refractivity contribution in [2.45, 2.75) is 26.8 Å². The third-order valence-corrected chi connectivity index (χ3v) is 3.98. The standard InChI is InChI=1S/C12H18NO4P/c1-4-16-18(15,13-10(2)11(3)14)17-12-8-6-5-7-9-12/h5-10H,4H2,1-3H3,(H,13,15). The Balaban J connectivity index is 2.80. The van der Waals surface area contributed by atoms with Gasteiger partial charge in [0.25, 0.3) is 0 Å². The van der Waals surface area contributed by atoms with Crippen LogP contribution in [0.15, 0.2) is 30.3 Å². The topological polar surface area (TPSA) is 64.6 Å². The summed E-state index contributed by atoms with van der Waals surface area (Å²) < 4.78 is 22.8. The molecule has 0 aliphatic heterocycles. The molecular formula is C12H18NO4P. The second-order valence-corrected chi connectivity index (χ2v) is 5.47. The van der Waals surface area contributed by atoms with E-state index in [0.29, 0.717) is 5.75 Å². The van der Waals surface area contributed by atoms with Gasteiger partial charge < -0.3 is 4.52 Å². The summed E-state index contributed by atoms with van der Waals surface area (Å²) in [5.74, 6) is 0.295. The number of para-hydroxylation sites is 1. The molecule has 2 atom stereocenters. The summed E-state index contributed by atoms with van der Waals surface area (Å²) in [6.45, 7) is 4.96. The second kappa shape index (κ2) is 6.69. The maximum absolute atomic E-state index is 12.4. The Morgan fingerprint density at radius 2 is 2.00 bits per heavy atom. The highest BCUT2D eigenvalue weighted by atomic mass is 31.2. The fourth-order valence-corrected chi connectivity index (χ4v) is 2.78. The van der Waals surface area contributed by atoms with E-state index in [1.165, 1.54) is 6.92 Å². The van der Waals surface area contributed by atoms with Crippen LogP contribution in [0.5, 0.6) is 5.75 Å². The Hall–Kier alpha value is -1.16. The molecule has 1 aromatic rings. The Kier molecular flexibility index (Phi) is 5.54. The highest BCUT2D eigenvalue weighted by Gasteiger charge is 2.29. The van der Waals surface area contributed by atoms with E-state index in [2.05, 4.69) is 5.09 Å². The zero-order valence-corrected chi connectivity index (χ0v) is 11.6. The first kappa shape index (κ1) is 14.9. The lowest BCUT2D eigenvalue weighted by atomic mass is 10.3. The Morgan fingerprint density at radius 3 is 2.50 bits per heavy atom. The number of hydrogen-bond donors (Lipinski definition) is 1. The van der Waals surface area contributed by atoms with E-state index >= 15 is 0 Å². The molecule has 1 rings (SSSR count). The number of carbonyl (C=O) groups is 1. The third-order valence-electron chi connectivity index (χ3n) is 2.23. The van der Waals surface area contributed by atoms with Crippen LogP contribution in [0.1, 0.15) is 20.8 Å². The minimum Gasteiger partial charge on any atom is -0.413 e. The third kappa shape index (κ3) is 4.61. The fraction of sp³-hybridized carbons (Fsp3) is 0.417. The molecule has 0 bridgehead atoms. The summed E-state index contributed by atoms with van der Waals surface area (Å²) in [5, 5.41) is 2.60. The van der Waals surface area contributed by atoms with Gasteiger partial charge in [-0.05, 0) is 32.9 Å². The molecular weight excluding hydrogens is 253 g/mol. The Morgan fingerprint density at radius 1 is 1.39 bits per heavy atom. The molecule has 0 heterocycles. The summed E-state index contributed by atoms with van der Waals surface area (Å²) in [4.78, 5) is 11.2. The zero-order valence-electron chi connectivity index (χ0n) is 10.8. The van der Waals surface area contributed by atoms with Crippen LogP contribution in [0.2, 0.25) is 0 Å². The smallest absolute Gasteiger partial charge is 0.413 e. The van der Waals surface area contributed by atoms with Gasteiger partial charge in [0.05, 0.1) is 12.6 Å². The van der Waals surface area contributed by atoms with Crippen molar-refractivity contribution in [1.29, 1.82) is 0 Å². The summed E-state index contributed by atoms with van der Waals surface area (Å²) in [6, 6.07) is 8.10. The van der Waals surface area contributed by atoms with Crippen molar-refractivity contribution in [2.24, 2.45) is 0 Å². The maximum Gasteiger partial charge on any atom is 0.459 e. The van der Waals surface area contributed by atoms with E-state index in [4.69, 9.17) is 9.05 Å². The van der Waals surface area contributed by atoms with Crippen LogP contribution in [-0.2, 0) is 13.9 Å². The molecule has 0 aliphatic rings. The van der Waals surface area contributed by atoms with E-state index in [-0.39, 0.29) is 12.4 Å². The van der Waals surface area contributed by atoms with Gasteiger partial charge in [0.2, 0.25) is 0 Å². The number of Topliss-reactive ketones (excluding diaryl/α,β-unsaturated/α-hetero) is 1. The van der Waals surface area contributed by atoms with Gasteiger partial charge in [-0.25, -0.2) is 9.65 Å². The first-order chi connectivity index (χ1) is 8.47. The lowest BCUT2D eigenvalue weighted by molar-refractivity contribution is -0.118. The molecule has 2 unspecified atom stereocenters. The molecule has 100 valence electrons. The minimum atomic E-state index is -3.52. The van der Waals surface area contributed by atoms with E-state index < -0.39 is 13.8 Å². The van der Waals surface area contributed by atoms with Crippen molar-refractivity contribution < 1.29 is 18.4 Å². The van der Waals surface area contributed by atoms with Gasteiger partial charge in [-0.3, -0.25) is 9.32 Å². The van der Waals surface area contributed by atoms with Gasteiger partial charge in [-0.1, -0.05) is 18.2 Å². The van der Waals surface area contributed by atoms with Crippen molar-refractivity contribution in [1.82, 2.24) is 5.09 Å². The van der Waals surface area contributed by atoms with Gasteiger partial charge >= 0.3 is 7.75 Å². The maximum atomic E-state index is 12.4. The van der Waals surface area contributed by atoms with Crippen LogP contribution in [-0.4, -0.2) is 18.4 Å². The first-order valence-corrected chi connectivity index (χ1v) is 7.28. The molecule has 0 aromatic heterocycles. The predicted molar refractivity (Wildman–Crippen MR) is 69.6 cm³/mol. The van der Waals surface area contributed by atoms with E-state index in [9.17, 15) is 9.36 Å². The molecule has 5 nitrogen and oxygen atoms in total. The molecule has 0 saturated carbocycles. The Labute approximate surface area is 107 Å². The van der Waals surface area contributed by atoms with Gasteiger partial charge in [0, 0.05) is 0 Å². The number of benzene rings is 1. The zero-order chi connectivity index (χ0) is 13.6. The van der Waals surface area contributed by atoms with Crippen molar-refractivity contribution in [2.75, 3.05) is 6.61 Å². The molecule has 0 amide bonds. The summed E-state index contributed by atoms with van der Waals surface area (Å²) in [7, 11) is -3.52. The van der Waals surface area contributed by atoms with E-state index in [1.807, 2.05) is 6.07 Å². The predicted octanol–water partition coefficient (Wildman–Crippen LogP) is 2.78. The molecule has 0 fully saturated rings. The minimum absolute atomic E-state index is 0.133. The van der Waals surface area contributed by atoms with Crippen molar-refractivity contribution >= 4 is 13.5 Å². The van der Waals surface area contributed by atoms with Gasteiger partial charge in [-0.2, -0.15) is 0 Å². The largest absolute Gasteiger partial charge is 0.459 e. The summed E-state index contributed by atoms with van der Waals surface area (Å²) >= 11 is 0. The normalized spacial score (nSPS) is 15.7. The summed E-state index contributed by atoms with van der Waals surface area (Å²) in [6.07, 6.45) is 0. The number of hydrogen-bond acceptors (Lipinski definition) is 4. The van der Waals surface area contributed by atoms with Crippen LogP contribution in [0.3, 0.4) is 0 Å². The second-order valence-electron chi connectivity index (χ2n) is 3.78. The van der Waals surface area contributed by atoms with Crippen LogP contribution in [0.4, 0.5) is 0 Å². The van der Waals surface area contributed by atoms with Crippen LogP contribution >= 0.6 is 7.75 Å². The van der Waals surface area contributed by atoms with Gasteiger partial charge in [0.15, 0.2) is 0 Å². The number of carbonyl (C=O) groups excluding carboxylic acids is 1. The molecule has 1 N–H and O–H groups in total. The monoisotopic (exact) mass is 271 g/mol. The average Bonchev–Trinajstić information content (AvgIpc) is 2.29. The SMILES string of the molecule is CCOP(=O)(NC(C)C(C)=O)Oc1ccccc1. The molecule has 0 spiro atoms. The van der Waals surface area contributed by atoms with E-state index in [0.717, 1.165) is 0 Å². The highest BCUT2D eigenvalue weighted by Crippen LogP contribution is 2.44. The molecule has 0 aliphatic carbocycles. The van der Waals surface area contributed by atoms with Crippen molar-refractivity contribution in [3.63, 3.8) is 0 Å². The average molecular weight is 271 g/mol. The van der Waals surface area contributed by atoms with Gasteiger partial charge in [-0.15, -0.1) is 0 Å². The Bertz CT molecular complexity index is 435. The number of nitrogens with one attached hydrogen (secondary N) is 1. The molecule has 6 heteroatoms. The van der Waals surface area contributed by atoms with Gasteiger partial charge in [0.1, 0.15) is 11.5 Å². The quantitative estimate of drug-likeness (QED) is 0.772. The fourth-order valence-electron chi connectivity index (χ4n) is 1.21. The molecule has 18 heavy (non-hydrogen) atoms. The number of rotatable bonds is 7. The van der Waals surface area contributed by atoms with E-state index in [1.54, 1.807) is 38.1 Å². The van der Waals surface area contributed by atoms with Crippen molar-refractivity contribution in [3.05, 3.63) is 30.3 Å². The molecule has 1 aromatic carbocycles. The summed E-state index contributed by atoms with van der Waals surface area (Å²) in [5.41, 5.74) is 0. The lowest BCUT2D eigenvalue weighted by Crippen LogP contribution is -2.32. The molecule has 0 radical (unpaired) electrons. The molecule has 0 saturated heterocycles. The highest BCUT2D eigenvalue weighted by molar-refractivity contribution is 7.52. The first-order valence-electron chi connectivity index (χ1n) is 5.74. The van der Waals surface area contributed by atoms with Crippen molar-refractivity contribution in [3.8, 4) is 5.75 Å². The number of ketones is 1. The van der Waals surface area contributed by atoms with Crippen LogP contribution in [0, 0.1) is 0 Å². The van der Waals surface area contributed by atoms with Crippen LogP contribution in [0.25, 0.3) is 0 Å².